The molecular formula is C38H33O9PS2. The van der Waals surface area contributed by atoms with Gasteiger partial charge >= 0.3 is 13.8 Å². The molecule has 0 spiro atoms. The second-order valence-corrected chi connectivity index (χ2v) is 14.9. The van der Waals surface area contributed by atoms with Crippen molar-refractivity contribution in [1.29, 1.82) is 0 Å². The normalized spacial score (nSPS) is 15.5. The van der Waals surface area contributed by atoms with Gasteiger partial charge in [-0.05, 0) is 44.8 Å². The average molecular weight is 729 g/mol. The van der Waals surface area contributed by atoms with Crippen LogP contribution in [-0.4, -0.2) is 29.9 Å². The van der Waals surface area contributed by atoms with Gasteiger partial charge in [-0.15, -0.1) is 22.7 Å². The summed E-state index contributed by atoms with van der Waals surface area (Å²) in [5, 5.41) is 16.8. The number of hydrogen-bond acceptors (Lipinski definition) is 11. The van der Waals surface area contributed by atoms with E-state index < -0.39 is 32.6 Å². The maximum Gasteiger partial charge on any atom is 0.475 e. The maximum atomic E-state index is 14.3. The summed E-state index contributed by atoms with van der Waals surface area (Å²) in [4.78, 5) is 13.5. The Bertz CT molecular complexity index is 2100. The quantitative estimate of drug-likeness (QED) is 0.0772. The Labute approximate surface area is 296 Å². The van der Waals surface area contributed by atoms with Crippen LogP contribution in [0, 0.1) is 0 Å². The van der Waals surface area contributed by atoms with Gasteiger partial charge < -0.3 is 19.3 Å². The molecule has 0 saturated carbocycles. The number of fused-ring (bicyclic) bond motifs is 2. The van der Waals surface area contributed by atoms with Gasteiger partial charge in [0.05, 0.1) is 19.8 Å². The Hall–Kier alpha value is -4.32. The van der Waals surface area contributed by atoms with Crippen molar-refractivity contribution in [3.05, 3.63) is 154 Å². The van der Waals surface area contributed by atoms with Gasteiger partial charge in [-0.25, -0.2) is 9.36 Å². The number of carbonyl (C=O) groups excluding carboxylic acids is 1. The molecule has 9 nitrogen and oxygen atoms in total. The fraction of sp³-hybridized carbons (Fsp3) is 0.184. The zero-order valence-electron chi connectivity index (χ0n) is 26.7. The smallest absolute Gasteiger partial charge is 0.475 e. The molecule has 1 aliphatic heterocycles. The molecule has 7 rings (SSSR count). The summed E-state index contributed by atoms with van der Waals surface area (Å²) in [5.41, 5.74) is 3.23. The van der Waals surface area contributed by atoms with Crippen molar-refractivity contribution in [3.63, 3.8) is 0 Å². The van der Waals surface area contributed by atoms with E-state index in [2.05, 4.69) is 0 Å². The third kappa shape index (κ3) is 7.85. The van der Waals surface area contributed by atoms with Crippen molar-refractivity contribution < 1.29 is 42.2 Å². The summed E-state index contributed by atoms with van der Waals surface area (Å²) >= 11 is 3.15. The molecule has 0 fully saturated rings. The number of cyclic esters (lactones) is 1. The van der Waals surface area contributed by atoms with Crippen LogP contribution in [0.2, 0.25) is 0 Å². The molecule has 50 heavy (non-hydrogen) atoms. The van der Waals surface area contributed by atoms with Gasteiger partial charge in [0.1, 0.15) is 19.3 Å². The molecule has 2 atom stereocenters. The molecule has 0 aliphatic carbocycles. The third-order valence-corrected chi connectivity index (χ3v) is 11.5. The number of aliphatic hydroxyl groups excluding tert-OH is 1. The lowest BCUT2D eigenvalue weighted by Crippen LogP contribution is -2.35. The molecule has 2 unspecified atom stereocenters. The zero-order chi connectivity index (χ0) is 34.3. The van der Waals surface area contributed by atoms with Crippen LogP contribution in [0.4, 0.5) is 0 Å². The zero-order valence-corrected chi connectivity index (χ0v) is 29.2. The monoisotopic (exact) mass is 728 g/mol. The first-order valence-electron chi connectivity index (χ1n) is 15.9. The van der Waals surface area contributed by atoms with Crippen LogP contribution in [-0.2, 0) is 63.6 Å². The van der Waals surface area contributed by atoms with Crippen LogP contribution in [0.25, 0.3) is 20.2 Å². The summed E-state index contributed by atoms with van der Waals surface area (Å²) in [5.74, 6) is -0.946. The highest BCUT2D eigenvalue weighted by atomic mass is 32.1. The number of esters is 1. The average Bonchev–Trinajstić information content (AvgIpc) is 3.91. The Morgan fingerprint density at radius 2 is 1.22 bits per heavy atom. The van der Waals surface area contributed by atoms with Gasteiger partial charge in [-0.3, -0.25) is 13.6 Å². The Kier molecular flexibility index (Phi) is 10.7. The Morgan fingerprint density at radius 3 is 1.76 bits per heavy atom. The van der Waals surface area contributed by atoms with E-state index in [1.54, 1.807) is 22.7 Å². The lowest BCUT2D eigenvalue weighted by atomic mass is 10.1. The van der Waals surface area contributed by atoms with Crippen LogP contribution < -0.4 is 0 Å². The van der Waals surface area contributed by atoms with E-state index in [1.165, 1.54) is 0 Å². The minimum Gasteiger partial charge on any atom is -0.485 e. The van der Waals surface area contributed by atoms with Crippen LogP contribution >= 0.6 is 30.5 Å². The second kappa shape index (κ2) is 15.7. The summed E-state index contributed by atoms with van der Waals surface area (Å²) in [7, 11) is -4.39. The molecule has 2 aromatic heterocycles. The molecule has 6 aromatic rings. The number of rotatable bonds is 16. The van der Waals surface area contributed by atoms with Gasteiger partial charge in [0.25, 0.3) is 0 Å². The molecule has 0 amide bonds. The first kappa shape index (κ1) is 34.1. The Morgan fingerprint density at radius 1 is 0.680 bits per heavy atom. The van der Waals surface area contributed by atoms with Gasteiger partial charge in [-0.1, -0.05) is 97.1 Å². The fourth-order valence-electron chi connectivity index (χ4n) is 5.52. The van der Waals surface area contributed by atoms with Gasteiger partial charge in [-0.2, -0.15) is 0 Å². The molecule has 3 heterocycles. The topological polar surface area (TPSA) is 110 Å². The van der Waals surface area contributed by atoms with E-state index in [0.29, 0.717) is 0 Å². The molecule has 1 N–H and O–H groups in total. The number of phosphoric acid groups is 1. The Balaban J connectivity index is 1.18. The number of thiophene rings is 2. The fourth-order valence-corrected chi connectivity index (χ4v) is 8.64. The predicted octanol–water partition coefficient (Wildman–Crippen LogP) is 8.91. The van der Waals surface area contributed by atoms with Crippen molar-refractivity contribution >= 4 is 56.6 Å². The summed E-state index contributed by atoms with van der Waals surface area (Å²) in [6.07, 6.45) is -2.72. The molecule has 4 aromatic carbocycles. The maximum absolute atomic E-state index is 14.3. The summed E-state index contributed by atoms with van der Waals surface area (Å²) in [6, 6.07) is 34.1. The number of phosphoric ester groups is 1. The van der Waals surface area contributed by atoms with Crippen molar-refractivity contribution in [1.82, 2.24) is 0 Å². The lowest BCUT2D eigenvalue weighted by molar-refractivity contribution is -0.148. The van der Waals surface area contributed by atoms with Gasteiger partial charge in [0.15, 0.2) is 11.9 Å². The number of ether oxygens (including phenoxy) is 3. The highest BCUT2D eigenvalue weighted by molar-refractivity contribution is 7.48. The highest BCUT2D eigenvalue weighted by Crippen LogP contribution is 2.53. The van der Waals surface area contributed by atoms with Crippen LogP contribution in [0.1, 0.15) is 22.3 Å². The number of carbonyl (C=O) groups is 1. The van der Waals surface area contributed by atoms with E-state index in [-0.39, 0.29) is 37.9 Å². The molecule has 1 aliphatic rings. The minimum atomic E-state index is -4.39. The molecule has 0 bridgehead atoms. The lowest BCUT2D eigenvalue weighted by Gasteiger charge is -2.27. The van der Waals surface area contributed by atoms with Crippen molar-refractivity contribution in [3.8, 4) is 0 Å². The first-order chi connectivity index (χ1) is 24.5. The van der Waals surface area contributed by atoms with Gasteiger partial charge in [0, 0.05) is 20.5 Å². The first-order valence-corrected chi connectivity index (χ1v) is 19.1. The van der Waals surface area contributed by atoms with Crippen molar-refractivity contribution in [2.45, 2.75) is 38.6 Å². The highest BCUT2D eigenvalue weighted by Gasteiger charge is 2.46. The van der Waals surface area contributed by atoms with E-state index in [1.807, 2.05) is 120 Å². The number of hydrogen-bond donors (Lipinski definition) is 1. The molecule has 0 radical (unpaired) electrons. The molecule has 256 valence electrons. The van der Waals surface area contributed by atoms with Crippen LogP contribution in [0.15, 0.2) is 131 Å². The van der Waals surface area contributed by atoms with E-state index in [9.17, 15) is 14.5 Å². The SMILES string of the molecule is O=C1OC(C(CO)OP(=O)(OCc2ccccc2)OCc2ccccc2)C(OCc2cccc3ccsc23)=C1OCc1cccc2ccsc12. The van der Waals surface area contributed by atoms with E-state index in [0.717, 1.165) is 42.4 Å². The third-order valence-electron chi connectivity index (χ3n) is 8.02. The number of benzene rings is 4. The second-order valence-electron chi connectivity index (χ2n) is 11.4. The number of aliphatic hydroxyl groups is 1. The van der Waals surface area contributed by atoms with E-state index in [4.69, 9.17) is 27.8 Å². The molecule has 0 saturated heterocycles. The molecule has 12 heteroatoms. The summed E-state index contributed by atoms with van der Waals surface area (Å²) < 4.78 is 52.1. The van der Waals surface area contributed by atoms with Crippen LogP contribution in [0.3, 0.4) is 0 Å². The summed E-state index contributed by atoms with van der Waals surface area (Å²) in [6.45, 7) is -0.769. The predicted molar refractivity (Wildman–Crippen MR) is 192 cm³/mol. The van der Waals surface area contributed by atoms with Crippen molar-refractivity contribution in [2.24, 2.45) is 0 Å². The van der Waals surface area contributed by atoms with Crippen LogP contribution in [0.5, 0.6) is 0 Å². The molecular weight excluding hydrogens is 696 g/mol. The van der Waals surface area contributed by atoms with Crippen molar-refractivity contribution in [2.75, 3.05) is 6.61 Å². The van der Waals surface area contributed by atoms with Gasteiger partial charge in [0.2, 0.25) is 5.76 Å². The van der Waals surface area contributed by atoms with E-state index >= 15 is 0 Å². The minimum absolute atomic E-state index is 0.0126. The largest absolute Gasteiger partial charge is 0.485 e. The standard InChI is InChI=1S/C38H33O9PS2/c39-21-32(47-48(41,44-22-26-9-3-1-4-10-26)45-23-27-11-5-2-6-12-27)33-34(42-24-30-15-7-13-28-17-19-49-36(28)30)35(38(40)46-33)43-25-31-16-8-14-29-18-20-50-37(29)31/h1-20,32-33,39H,21-25H2.